The molecule has 0 bridgehead atoms. The average molecular weight is 237 g/mol. The van der Waals surface area contributed by atoms with E-state index in [0.29, 0.717) is 5.92 Å². The van der Waals surface area contributed by atoms with Gasteiger partial charge in [-0.2, -0.15) is 0 Å². The molecule has 1 rings (SSSR count). The van der Waals surface area contributed by atoms with Gasteiger partial charge in [0.2, 0.25) is 10.0 Å². The Bertz CT molecular complexity index is 282. The Balaban J connectivity index is 2.43. The lowest BCUT2D eigenvalue weighted by atomic mass is 10.3. The molecule has 1 saturated carbocycles. The van der Waals surface area contributed by atoms with Crippen molar-refractivity contribution in [1.29, 1.82) is 0 Å². The predicted molar refractivity (Wildman–Crippen MR) is 56.9 cm³/mol. The van der Waals surface area contributed by atoms with Gasteiger partial charge in [-0.25, -0.2) is 13.1 Å². The highest BCUT2D eigenvalue weighted by atomic mass is 32.2. The van der Waals surface area contributed by atoms with Crippen molar-refractivity contribution < 1.29 is 17.9 Å². The van der Waals surface area contributed by atoms with Gasteiger partial charge in [0.15, 0.2) is 6.29 Å². The quantitative estimate of drug-likeness (QED) is 0.648. The normalized spacial score (nSPS) is 19.5. The van der Waals surface area contributed by atoms with Gasteiger partial charge >= 0.3 is 0 Å². The number of methoxy groups -OCH3 is 2. The molecule has 90 valence electrons. The number of hydrogen-bond acceptors (Lipinski definition) is 4. The van der Waals surface area contributed by atoms with Crippen LogP contribution in [-0.2, 0) is 19.5 Å². The minimum absolute atomic E-state index is 0.220. The lowest BCUT2D eigenvalue weighted by Crippen LogP contribution is -2.43. The molecule has 6 heteroatoms. The van der Waals surface area contributed by atoms with Crippen molar-refractivity contribution in [2.24, 2.45) is 5.92 Å². The van der Waals surface area contributed by atoms with Crippen LogP contribution < -0.4 is 4.72 Å². The fraction of sp³-hybridized carbons (Fsp3) is 1.00. The van der Waals surface area contributed by atoms with Crippen LogP contribution in [0.2, 0.25) is 0 Å². The molecule has 0 aromatic heterocycles. The average Bonchev–Trinajstić information content (AvgIpc) is 2.88. The monoisotopic (exact) mass is 237 g/mol. The first-order valence-corrected chi connectivity index (χ1v) is 6.69. The van der Waals surface area contributed by atoms with E-state index in [4.69, 9.17) is 9.47 Å². The van der Waals surface area contributed by atoms with Gasteiger partial charge in [-0.1, -0.05) is 0 Å². The molecule has 0 spiro atoms. The van der Waals surface area contributed by atoms with Gasteiger partial charge in [-0.3, -0.25) is 0 Å². The SMILES string of the molecule is COC(OC)C(C)NS(=O)(=O)CC1CC1. The number of sulfonamides is 1. The molecule has 0 amide bonds. The van der Waals surface area contributed by atoms with Crippen molar-refractivity contribution in [1.82, 2.24) is 4.72 Å². The molecule has 0 aromatic rings. The van der Waals surface area contributed by atoms with Crippen LogP contribution in [0.1, 0.15) is 19.8 Å². The first-order chi connectivity index (χ1) is 6.98. The Morgan fingerprint density at radius 1 is 1.33 bits per heavy atom. The van der Waals surface area contributed by atoms with E-state index in [0.717, 1.165) is 12.8 Å². The highest BCUT2D eigenvalue weighted by Crippen LogP contribution is 2.30. The lowest BCUT2D eigenvalue weighted by Gasteiger charge is -2.21. The molecule has 1 unspecified atom stereocenters. The Morgan fingerprint density at radius 3 is 2.27 bits per heavy atom. The van der Waals surface area contributed by atoms with Crippen LogP contribution in [-0.4, -0.2) is 40.7 Å². The van der Waals surface area contributed by atoms with Crippen molar-refractivity contribution in [3.05, 3.63) is 0 Å². The van der Waals surface area contributed by atoms with Gasteiger partial charge in [0, 0.05) is 14.2 Å². The molecule has 1 aliphatic carbocycles. The van der Waals surface area contributed by atoms with Gasteiger partial charge in [0.1, 0.15) is 0 Å². The molecule has 1 aliphatic rings. The Labute approximate surface area is 91.2 Å². The number of rotatable bonds is 7. The van der Waals surface area contributed by atoms with E-state index in [1.54, 1.807) is 6.92 Å². The van der Waals surface area contributed by atoms with Crippen molar-refractivity contribution in [3.63, 3.8) is 0 Å². The summed E-state index contributed by atoms with van der Waals surface area (Å²) in [6.07, 6.45) is 1.50. The summed E-state index contributed by atoms with van der Waals surface area (Å²) in [5.41, 5.74) is 0. The maximum atomic E-state index is 11.6. The molecule has 0 saturated heterocycles. The van der Waals surface area contributed by atoms with Crippen LogP contribution >= 0.6 is 0 Å². The molecule has 0 aliphatic heterocycles. The van der Waals surface area contributed by atoms with Gasteiger partial charge < -0.3 is 9.47 Å². The fourth-order valence-electron chi connectivity index (χ4n) is 1.49. The van der Waals surface area contributed by atoms with E-state index < -0.39 is 16.3 Å². The molecule has 1 fully saturated rings. The zero-order valence-corrected chi connectivity index (χ0v) is 10.2. The smallest absolute Gasteiger partial charge is 0.212 e. The van der Waals surface area contributed by atoms with E-state index in [1.165, 1.54) is 14.2 Å². The Morgan fingerprint density at radius 2 is 1.87 bits per heavy atom. The van der Waals surface area contributed by atoms with Crippen LogP contribution in [0.5, 0.6) is 0 Å². The molecule has 0 radical (unpaired) electrons. The highest BCUT2D eigenvalue weighted by molar-refractivity contribution is 7.89. The summed E-state index contributed by atoms with van der Waals surface area (Å²) in [5.74, 6) is 0.565. The Hall–Kier alpha value is -0.170. The molecular weight excluding hydrogens is 218 g/mol. The second kappa shape index (κ2) is 5.25. The molecule has 5 nitrogen and oxygen atoms in total. The van der Waals surface area contributed by atoms with Gasteiger partial charge in [-0.15, -0.1) is 0 Å². The standard InChI is InChI=1S/C9H19NO4S/c1-7(9(13-2)14-3)10-15(11,12)6-8-4-5-8/h7-10H,4-6H2,1-3H3. The number of nitrogens with one attached hydrogen (secondary N) is 1. The van der Waals surface area contributed by atoms with E-state index in [2.05, 4.69) is 4.72 Å². The third-order valence-electron chi connectivity index (χ3n) is 2.39. The summed E-state index contributed by atoms with van der Waals surface area (Å²) < 4.78 is 35.7. The summed E-state index contributed by atoms with van der Waals surface area (Å²) in [5, 5.41) is 0. The van der Waals surface area contributed by atoms with E-state index in [9.17, 15) is 8.42 Å². The van der Waals surface area contributed by atoms with Crippen LogP contribution in [0, 0.1) is 5.92 Å². The zero-order valence-electron chi connectivity index (χ0n) is 9.39. The third-order valence-corrected chi connectivity index (χ3v) is 4.03. The molecular formula is C9H19NO4S. The third kappa shape index (κ3) is 4.46. The largest absolute Gasteiger partial charge is 0.354 e. The summed E-state index contributed by atoms with van der Waals surface area (Å²) in [7, 11) is -0.221. The van der Waals surface area contributed by atoms with Crippen molar-refractivity contribution in [3.8, 4) is 0 Å². The summed E-state index contributed by atoms with van der Waals surface area (Å²) in [4.78, 5) is 0. The number of hydrogen-bond donors (Lipinski definition) is 1. The van der Waals surface area contributed by atoms with Crippen LogP contribution in [0.25, 0.3) is 0 Å². The summed E-state index contributed by atoms with van der Waals surface area (Å²) >= 11 is 0. The maximum Gasteiger partial charge on any atom is 0.212 e. The summed E-state index contributed by atoms with van der Waals surface area (Å²) in [6, 6.07) is -0.372. The maximum absolute atomic E-state index is 11.6. The van der Waals surface area contributed by atoms with Crippen molar-refractivity contribution >= 4 is 10.0 Å². The lowest BCUT2D eigenvalue weighted by molar-refractivity contribution is -0.115. The van der Waals surface area contributed by atoms with Gasteiger partial charge in [0.25, 0.3) is 0 Å². The minimum atomic E-state index is -3.19. The van der Waals surface area contributed by atoms with Crippen molar-refractivity contribution in [2.45, 2.75) is 32.1 Å². The molecule has 1 N–H and O–H groups in total. The van der Waals surface area contributed by atoms with Crippen LogP contribution in [0.15, 0.2) is 0 Å². The first kappa shape index (κ1) is 12.9. The molecule has 1 atom stereocenters. The van der Waals surface area contributed by atoms with E-state index >= 15 is 0 Å². The van der Waals surface area contributed by atoms with E-state index in [1.807, 2.05) is 0 Å². The molecule has 0 heterocycles. The van der Waals surface area contributed by atoms with Gasteiger partial charge in [0.05, 0.1) is 11.8 Å². The first-order valence-electron chi connectivity index (χ1n) is 5.04. The zero-order chi connectivity index (χ0) is 11.5. The van der Waals surface area contributed by atoms with Gasteiger partial charge in [-0.05, 0) is 25.7 Å². The Kier molecular flexibility index (Phi) is 4.51. The van der Waals surface area contributed by atoms with E-state index in [-0.39, 0.29) is 11.8 Å². The van der Waals surface area contributed by atoms with Crippen LogP contribution in [0.3, 0.4) is 0 Å². The molecule has 15 heavy (non-hydrogen) atoms. The minimum Gasteiger partial charge on any atom is -0.354 e. The molecule has 0 aromatic carbocycles. The van der Waals surface area contributed by atoms with Crippen molar-refractivity contribution in [2.75, 3.05) is 20.0 Å². The second-order valence-electron chi connectivity index (χ2n) is 3.97. The van der Waals surface area contributed by atoms with Crippen LogP contribution in [0.4, 0.5) is 0 Å². The number of ether oxygens (including phenoxy) is 2. The predicted octanol–water partition coefficient (Wildman–Crippen LogP) is 0.323. The topological polar surface area (TPSA) is 64.6 Å². The summed E-state index contributed by atoms with van der Waals surface area (Å²) in [6.45, 7) is 1.72. The second-order valence-corrected chi connectivity index (χ2v) is 5.77. The fourth-order valence-corrected chi connectivity index (χ4v) is 3.21. The highest BCUT2D eigenvalue weighted by Gasteiger charge is 2.30.